The Morgan fingerprint density at radius 3 is 2.62 bits per heavy atom. The maximum Gasteiger partial charge on any atom is 0.354 e. The van der Waals surface area contributed by atoms with Crippen LogP contribution >= 0.6 is 0 Å². The number of aromatic nitrogens is 1. The van der Waals surface area contributed by atoms with E-state index >= 15 is 0 Å². The van der Waals surface area contributed by atoms with Crippen LogP contribution in [-0.4, -0.2) is 51.4 Å². The third kappa shape index (κ3) is 3.88. The Kier molecular flexibility index (Phi) is 5.17. The summed E-state index contributed by atoms with van der Waals surface area (Å²) in [5, 5.41) is 22.4. The number of pyridine rings is 1. The first-order valence-corrected chi connectivity index (χ1v) is 6.18. The molecule has 0 aliphatic heterocycles. The summed E-state index contributed by atoms with van der Waals surface area (Å²) < 4.78 is 0. The molecular formula is C12H16N4O5. The van der Waals surface area contributed by atoms with Crippen molar-refractivity contribution in [2.45, 2.75) is 19.9 Å². The lowest BCUT2D eigenvalue weighted by Gasteiger charge is -2.20. The standard InChI is InChI=1S/C12H16N4O5/c1-4-15(3)11(17)7(2)13-10-9(16(20)21)6-5-8(14-10)12(18)19/h5-7H,4H2,1-3H3,(H,13,14)(H,18,19). The summed E-state index contributed by atoms with van der Waals surface area (Å²) in [5.41, 5.74) is -0.731. The second-order valence-electron chi connectivity index (χ2n) is 4.34. The quantitative estimate of drug-likeness (QED) is 0.591. The number of nitrogens with zero attached hydrogens (tertiary/aromatic N) is 3. The predicted molar refractivity (Wildman–Crippen MR) is 74.2 cm³/mol. The fourth-order valence-electron chi connectivity index (χ4n) is 1.58. The van der Waals surface area contributed by atoms with Crippen LogP contribution in [0.4, 0.5) is 11.5 Å². The average molecular weight is 296 g/mol. The number of amides is 1. The summed E-state index contributed by atoms with van der Waals surface area (Å²) >= 11 is 0. The normalized spacial score (nSPS) is 11.6. The zero-order chi connectivity index (χ0) is 16.2. The minimum absolute atomic E-state index is 0.245. The molecule has 0 aromatic carbocycles. The molecule has 0 fully saturated rings. The highest BCUT2D eigenvalue weighted by atomic mass is 16.6. The summed E-state index contributed by atoms with van der Waals surface area (Å²) in [6.07, 6.45) is 0. The Morgan fingerprint density at radius 2 is 2.14 bits per heavy atom. The SMILES string of the molecule is CCN(C)C(=O)C(C)Nc1nc(C(=O)O)ccc1[N+](=O)[O-]. The molecule has 1 atom stereocenters. The van der Waals surface area contributed by atoms with Crippen LogP contribution in [0, 0.1) is 10.1 Å². The summed E-state index contributed by atoms with van der Waals surface area (Å²) in [7, 11) is 1.59. The van der Waals surface area contributed by atoms with E-state index in [1.807, 2.05) is 0 Å². The minimum atomic E-state index is -1.31. The van der Waals surface area contributed by atoms with Gasteiger partial charge < -0.3 is 15.3 Å². The van der Waals surface area contributed by atoms with Gasteiger partial charge in [-0.15, -0.1) is 0 Å². The number of likely N-dealkylation sites (N-methyl/N-ethyl adjacent to an activating group) is 1. The van der Waals surface area contributed by atoms with Crippen LogP contribution in [0.3, 0.4) is 0 Å². The predicted octanol–water partition coefficient (Wildman–Crippen LogP) is 0.967. The molecule has 0 saturated carbocycles. The first-order valence-electron chi connectivity index (χ1n) is 6.18. The summed E-state index contributed by atoms with van der Waals surface area (Å²) in [6, 6.07) is 1.31. The molecule has 114 valence electrons. The number of hydrogen-bond donors (Lipinski definition) is 2. The molecular weight excluding hydrogens is 280 g/mol. The van der Waals surface area contributed by atoms with E-state index in [2.05, 4.69) is 10.3 Å². The highest BCUT2D eigenvalue weighted by molar-refractivity contribution is 5.87. The fraction of sp³-hybridized carbons (Fsp3) is 0.417. The monoisotopic (exact) mass is 296 g/mol. The number of nitro groups is 1. The van der Waals surface area contributed by atoms with Gasteiger partial charge in [-0.25, -0.2) is 9.78 Å². The van der Waals surface area contributed by atoms with Crippen LogP contribution in [0.2, 0.25) is 0 Å². The molecule has 1 aromatic rings. The Hall–Kier alpha value is -2.71. The number of carbonyl (C=O) groups excluding carboxylic acids is 1. The number of carboxylic acid groups (broad SMARTS) is 1. The van der Waals surface area contributed by atoms with Gasteiger partial charge in [-0.2, -0.15) is 0 Å². The lowest BCUT2D eigenvalue weighted by molar-refractivity contribution is -0.384. The second-order valence-corrected chi connectivity index (χ2v) is 4.34. The molecule has 0 aliphatic rings. The van der Waals surface area contributed by atoms with Gasteiger partial charge in [0.1, 0.15) is 6.04 Å². The molecule has 1 amide bonds. The fourth-order valence-corrected chi connectivity index (χ4v) is 1.58. The van der Waals surface area contributed by atoms with E-state index in [0.717, 1.165) is 12.1 Å². The van der Waals surface area contributed by atoms with Gasteiger partial charge in [0, 0.05) is 19.7 Å². The largest absolute Gasteiger partial charge is 0.477 e. The topological polar surface area (TPSA) is 126 Å². The first-order chi connectivity index (χ1) is 9.77. The van der Waals surface area contributed by atoms with Crippen LogP contribution in [0.15, 0.2) is 12.1 Å². The molecule has 21 heavy (non-hydrogen) atoms. The Balaban J connectivity index is 3.10. The van der Waals surface area contributed by atoms with E-state index in [0.29, 0.717) is 6.54 Å². The number of carbonyl (C=O) groups is 2. The zero-order valence-electron chi connectivity index (χ0n) is 11.9. The van der Waals surface area contributed by atoms with E-state index < -0.39 is 16.9 Å². The maximum atomic E-state index is 11.9. The van der Waals surface area contributed by atoms with Gasteiger partial charge in [0.2, 0.25) is 11.7 Å². The number of hydrogen-bond acceptors (Lipinski definition) is 6. The molecule has 1 heterocycles. The Bertz CT molecular complexity index is 575. The van der Waals surface area contributed by atoms with E-state index in [9.17, 15) is 19.7 Å². The molecule has 0 radical (unpaired) electrons. The molecule has 2 N–H and O–H groups in total. The van der Waals surface area contributed by atoms with Gasteiger partial charge >= 0.3 is 11.7 Å². The lowest BCUT2D eigenvalue weighted by Crippen LogP contribution is -2.39. The molecule has 1 unspecified atom stereocenters. The van der Waals surface area contributed by atoms with Gasteiger partial charge in [-0.1, -0.05) is 0 Å². The molecule has 0 spiro atoms. The number of aromatic carboxylic acids is 1. The first kappa shape index (κ1) is 16.3. The van der Waals surface area contributed by atoms with E-state index in [-0.39, 0.29) is 23.1 Å². The van der Waals surface area contributed by atoms with Crippen molar-refractivity contribution in [2.24, 2.45) is 0 Å². The van der Waals surface area contributed by atoms with Crippen LogP contribution in [0.5, 0.6) is 0 Å². The van der Waals surface area contributed by atoms with E-state index in [1.165, 1.54) is 11.8 Å². The highest BCUT2D eigenvalue weighted by Gasteiger charge is 2.23. The molecule has 9 heteroatoms. The number of rotatable bonds is 6. The minimum Gasteiger partial charge on any atom is -0.477 e. The summed E-state index contributed by atoms with van der Waals surface area (Å²) in [5.74, 6) is -1.84. The number of carboxylic acids is 1. The van der Waals surface area contributed by atoms with Crippen molar-refractivity contribution < 1.29 is 19.6 Å². The third-order valence-corrected chi connectivity index (χ3v) is 2.86. The van der Waals surface area contributed by atoms with Crippen molar-refractivity contribution in [3.63, 3.8) is 0 Å². The van der Waals surface area contributed by atoms with Crippen LogP contribution in [-0.2, 0) is 4.79 Å². The van der Waals surface area contributed by atoms with Crippen molar-refractivity contribution in [1.29, 1.82) is 0 Å². The second kappa shape index (κ2) is 6.64. The lowest BCUT2D eigenvalue weighted by atomic mass is 10.2. The number of anilines is 1. The summed E-state index contributed by atoms with van der Waals surface area (Å²) in [6.45, 7) is 3.79. The van der Waals surface area contributed by atoms with Gasteiger partial charge in [-0.3, -0.25) is 14.9 Å². The molecule has 0 aliphatic carbocycles. The smallest absolute Gasteiger partial charge is 0.354 e. The molecule has 1 aromatic heterocycles. The van der Waals surface area contributed by atoms with Crippen molar-refractivity contribution in [3.05, 3.63) is 27.9 Å². The molecule has 1 rings (SSSR count). The van der Waals surface area contributed by atoms with Crippen LogP contribution < -0.4 is 5.32 Å². The number of nitrogens with one attached hydrogen (secondary N) is 1. The molecule has 0 bridgehead atoms. The third-order valence-electron chi connectivity index (χ3n) is 2.86. The average Bonchev–Trinajstić information content (AvgIpc) is 2.44. The summed E-state index contributed by atoms with van der Waals surface area (Å²) in [4.78, 5) is 38.1. The van der Waals surface area contributed by atoms with Crippen molar-refractivity contribution in [2.75, 3.05) is 18.9 Å². The molecule has 9 nitrogen and oxygen atoms in total. The maximum absolute atomic E-state index is 11.9. The van der Waals surface area contributed by atoms with Crippen LogP contribution in [0.25, 0.3) is 0 Å². The highest BCUT2D eigenvalue weighted by Crippen LogP contribution is 2.23. The van der Waals surface area contributed by atoms with E-state index in [4.69, 9.17) is 5.11 Å². The zero-order valence-corrected chi connectivity index (χ0v) is 11.9. The van der Waals surface area contributed by atoms with Crippen molar-refractivity contribution >= 4 is 23.4 Å². The van der Waals surface area contributed by atoms with Gasteiger partial charge in [-0.05, 0) is 19.9 Å². The Labute approximate surface area is 120 Å². The Morgan fingerprint density at radius 1 is 1.52 bits per heavy atom. The molecule has 0 saturated heterocycles. The van der Waals surface area contributed by atoms with Crippen molar-refractivity contribution in [1.82, 2.24) is 9.88 Å². The van der Waals surface area contributed by atoms with Gasteiger partial charge in [0.25, 0.3) is 0 Å². The van der Waals surface area contributed by atoms with Gasteiger partial charge in [0.05, 0.1) is 4.92 Å². The van der Waals surface area contributed by atoms with Gasteiger partial charge in [0.15, 0.2) is 5.69 Å². The van der Waals surface area contributed by atoms with E-state index in [1.54, 1.807) is 14.0 Å². The van der Waals surface area contributed by atoms with Crippen molar-refractivity contribution in [3.8, 4) is 0 Å². The van der Waals surface area contributed by atoms with Crippen LogP contribution in [0.1, 0.15) is 24.3 Å².